The summed E-state index contributed by atoms with van der Waals surface area (Å²) < 4.78 is 7.51. The van der Waals surface area contributed by atoms with E-state index in [4.69, 9.17) is 4.74 Å². The summed E-state index contributed by atoms with van der Waals surface area (Å²) >= 11 is 0. The van der Waals surface area contributed by atoms with Crippen molar-refractivity contribution in [1.29, 1.82) is 0 Å². The summed E-state index contributed by atoms with van der Waals surface area (Å²) in [6.45, 7) is 2.07. The largest absolute Gasteiger partial charge is 0.494 e. The van der Waals surface area contributed by atoms with Crippen molar-refractivity contribution in [1.82, 2.24) is 4.57 Å². The molecule has 0 saturated carbocycles. The van der Waals surface area contributed by atoms with Gasteiger partial charge in [0.2, 0.25) is 0 Å². The minimum absolute atomic E-state index is 0.984. The number of para-hydroxylation sites is 1. The van der Waals surface area contributed by atoms with Crippen LogP contribution >= 0.6 is 0 Å². The fourth-order valence-electron chi connectivity index (χ4n) is 1.74. The van der Waals surface area contributed by atoms with Gasteiger partial charge in [-0.3, -0.25) is 0 Å². The first-order chi connectivity index (χ1) is 6.25. The molecule has 2 heteroatoms. The van der Waals surface area contributed by atoms with Crippen LogP contribution in [0.25, 0.3) is 10.9 Å². The Kier molecular flexibility index (Phi) is 1.76. The normalized spacial score (nSPS) is 10.7. The molecule has 0 aliphatic carbocycles. The molecule has 1 aromatic carbocycles. The number of hydrogen-bond donors (Lipinski definition) is 0. The van der Waals surface area contributed by atoms with Crippen molar-refractivity contribution in [3.8, 4) is 5.75 Å². The van der Waals surface area contributed by atoms with Crippen molar-refractivity contribution >= 4 is 10.9 Å². The minimum Gasteiger partial charge on any atom is -0.494 e. The van der Waals surface area contributed by atoms with Gasteiger partial charge in [0.1, 0.15) is 5.75 Å². The van der Waals surface area contributed by atoms with Crippen molar-refractivity contribution in [3.05, 3.63) is 30.0 Å². The molecule has 2 rings (SSSR count). The second-order valence-corrected chi connectivity index (χ2v) is 3.19. The molecule has 68 valence electrons. The van der Waals surface area contributed by atoms with Crippen LogP contribution in [0.1, 0.15) is 5.69 Å². The zero-order valence-corrected chi connectivity index (χ0v) is 8.16. The zero-order valence-electron chi connectivity index (χ0n) is 8.16. The van der Waals surface area contributed by atoms with Crippen LogP contribution < -0.4 is 4.74 Å². The summed E-state index contributed by atoms with van der Waals surface area (Å²) in [4.78, 5) is 0. The molecule has 1 aromatic heterocycles. The Hall–Kier alpha value is -1.44. The van der Waals surface area contributed by atoms with Crippen molar-refractivity contribution in [2.45, 2.75) is 6.92 Å². The second kappa shape index (κ2) is 2.80. The molecule has 13 heavy (non-hydrogen) atoms. The summed E-state index contributed by atoms with van der Waals surface area (Å²) in [6, 6.07) is 8.26. The summed E-state index contributed by atoms with van der Waals surface area (Å²) in [5, 5.41) is 1.19. The van der Waals surface area contributed by atoms with Gasteiger partial charge in [0, 0.05) is 12.4 Å². The average molecular weight is 175 g/mol. The summed E-state index contributed by atoms with van der Waals surface area (Å²) in [5.41, 5.74) is 2.39. The van der Waals surface area contributed by atoms with E-state index >= 15 is 0 Å². The Labute approximate surface area is 77.7 Å². The van der Waals surface area contributed by atoms with Crippen molar-refractivity contribution < 1.29 is 4.74 Å². The van der Waals surface area contributed by atoms with Crippen molar-refractivity contribution in [3.63, 3.8) is 0 Å². The molecule has 0 unspecified atom stereocenters. The highest BCUT2D eigenvalue weighted by molar-refractivity contribution is 5.88. The molecule has 0 aliphatic heterocycles. The van der Waals surface area contributed by atoms with Crippen LogP contribution in [0.2, 0.25) is 0 Å². The lowest BCUT2D eigenvalue weighted by Crippen LogP contribution is -1.90. The standard InChI is InChI=1S/C11H13NO/c1-8-11(13-3)9-6-4-5-7-10(9)12(8)2/h4-7H,1-3H3. The third kappa shape index (κ3) is 1.02. The monoisotopic (exact) mass is 175 g/mol. The van der Waals surface area contributed by atoms with Gasteiger partial charge in [-0.1, -0.05) is 12.1 Å². The van der Waals surface area contributed by atoms with Crippen LogP contribution in [0, 0.1) is 6.92 Å². The number of nitrogens with zero attached hydrogens (tertiary/aromatic N) is 1. The Balaban J connectivity index is 2.90. The van der Waals surface area contributed by atoms with E-state index in [1.165, 1.54) is 16.6 Å². The number of ether oxygens (including phenoxy) is 1. The first kappa shape index (κ1) is 8.17. The number of benzene rings is 1. The molecule has 0 amide bonds. The molecule has 1 heterocycles. The van der Waals surface area contributed by atoms with E-state index in [1.807, 2.05) is 12.1 Å². The number of aromatic nitrogens is 1. The van der Waals surface area contributed by atoms with E-state index < -0.39 is 0 Å². The Morgan fingerprint density at radius 3 is 2.62 bits per heavy atom. The Morgan fingerprint density at radius 1 is 1.23 bits per heavy atom. The molecule has 0 saturated heterocycles. The highest BCUT2D eigenvalue weighted by atomic mass is 16.5. The molecular weight excluding hydrogens is 162 g/mol. The first-order valence-electron chi connectivity index (χ1n) is 4.33. The van der Waals surface area contributed by atoms with Gasteiger partial charge in [-0.15, -0.1) is 0 Å². The second-order valence-electron chi connectivity index (χ2n) is 3.19. The lowest BCUT2D eigenvalue weighted by atomic mass is 10.2. The number of rotatable bonds is 1. The molecule has 0 radical (unpaired) electrons. The number of methoxy groups -OCH3 is 1. The van der Waals surface area contributed by atoms with Gasteiger partial charge < -0.3 is 9.30 Å². The number of hydrogen-bond acceptors (Lipinski definition) is 1. The molecular formula is C11H13NO. The summed E-state index contributed by atoms with van der Waals surface area (Å²) in [7, 11) is 3.77. The smallest absolute Gasteiger partial charge is 0.147 e. The average Bonchev–Trinajstić information content (AvgIpc) is 2.41. The lowest BCUT2D eigenvalue weighted by Gasteiger charge is -1.98. The van der Waals surface area contributed by atoms with E-state index in [9.17, 15) is 0 Å². The zero-order chi connectivity index (χ0) is 9.42. The van der Waals surface area contributed by atoms with Gasteiger partial charge in [0.05, 0.1) is 18.3 Å². The van der Waals surface area contributed by atoms with Gasteiger partial charge in [0.15, 0.2) is 0 Å². The van der Waals surface area contributed by atoms with Crippen LogP contribution in [-0.4, -0.2) is 11.7 Å². The SMILES string of the molecule is COc1c(C)n(C)c2ccccc12. The predicted molar refractivity (Wildman–Crippen MR) is 54.2 cm³/mol. The van der Waals surface area contributed by atoms with Gasteiger partial charge in [0.25, 0.3) is 0 Å². The molecule has 2 aromatic rings. The third-order valence-electron chi connectivity index (χ3n) is 2.55. The topological polar surface area (TPSA) is 14.2 Å². The number of fused-ring (bicyclic) bond motifs is 1. The Bertz CT molecular complexity index is 443. The van der Waals surface area contributed by atoms with Crippen LogP contribution in [0.4, 0.5) is 0 Å². The van der Waals surface area contributed by atoms with Crippen molar-refractivity contribution in [2.75, 3.05) is 7.11 Å². The fourth-order valence-corrected chi connectivity index (χ4v) is 1.74. The molecule has 0 spiro atoms. The Morgan fingerprint density at radius 2 is 1.92 bits per heavy atom. The van der Waals surface area contributed by atoms with Gasteiger partial charge >= 0.3 is 0 Å². The van der Waals surface area contributed by atoms with E-state index in [1.54, 1.807) is 7.11 Å². The lowest BCUT2D eigenvalue weighted by molar-refractivity contribution is 0.415. The van der Waals surface area contributed by atoms with Crippen LogP contribution in [0.3, 0.4) is 0 Å². The first-order valence-corrected chi connectivity index (χ1v) is 4.33. The van der Waals surface area contributed by atoms with E-state index in [-0.39, 0.29) is 0 Å². The predicted octanol–water partition coefficient (Wildman–Crippen LogP) is 2.50. The highest BCUT2D eigenvalue weighted by Gasteiger charge is 2.10. The van der Waals surface area contributed by atoms with Gasteiger partial charge in [-0.05, 0) is 19.1 Å². The molecule has 2 nitrogen and oxygen atoms in total. The van der Waals surface area contributed by atoms with Crippen LogP contribution in [0.5, 0.6) is 5.75 Å². The van der Waals surface area contributed by atoms with Gasteiger partial charge in [-0.25, -0.2) is 0 Å². The van der Waals surface area contributed by atoms with E-state index in [0.29, 0.717) is 0 Å². The molecule has 0 N–H and O–H groups in total. The highest BCUT2D eigenvalue weighted by Crippen LogP contribution is 2.30. The minimum atomic E-state index is 0.984. The van der Waals surface area contributed by atoms with Gasteiger partial charge in [-0.2, -0.15) is 0 Å². The molecule has 0 atom stereocenters. The summed E-state index contributed by atoms with van der Waals surface area (Å²) in [6.07, 6.45) is 0. The number of aryl methyl sites for hydroxylation is 1. The van der Waals surface area contributed by atoms with Crippen molar-refractivity contribution in [2.24, 2.45) is 7.05 Å². The maximum Gasteiger partial charge on any atom is 0.147 e. The van der Waals surface area contributed by atoms with Crippen LogP contribution in [0.15, 0.2) is 24.3 Å². The molecule has 0 bridgehead atoms. The molecule has 0 aliphatic rings. The third-order valence-corrected chi connectivity index (χ3v) is 2.55. The molecule has 0 fully saturated rings. The van der Waals surface area contributed by atoms with Crippen LogP contribution in [-0.2, 0) is 7.05 Å². The summed E-state index contributed by atoms with van der Waals surface area (Å²) in [5.74, 6) is 0.984. The van der Waals surface area contributed by atoms with E-state index in [0.717, 1.165) is 5.75 Å². The quantitative estimate of drug-likeness (QED) is 0.649. The maximum absolute atomic E-state index is 5.36. The fraction of sp³-hybridized carbons (Fsp3) is 0.273. The van der Waals surface area contributed by atoms with E-state index in [2.05, 4.69) is 30.7 Å². The maximum atomic E-state index is 5.36.